The van der Waals surface area contributed by atoms with E-state index in [4.69, 9.17) is 4.74 Å². The molecule has 0 radical (unpaired) electrons. The molecule has 8 heteroatoms. The summed E-state index contributed by atoms with van der Waals surface area (Å²) in [6, 6.07) is 7.29. The number of carbonyl (C=O) groups is 3. The number of hydrogen-bond acceptors (Lipinski definition) is 5. The number of nitrogens with one attached hydrogen (secondary N) is 2. The number of hydrogen-bond donors (Lipinski definition) is 3. The van der Waals surface area contributed by atoms with Crippen LogP contribution in [0.3, 0.4) is 0 Å². The van der Waals surface area contributed by atoms with Gasteiger partial charge in [-0.3, -0.25) is 14.5 Å². The van der Waals surface area contributed by atoms with Crippen LogP contribution in [0.15, 0.2) is 30.3 Å². The summed E-state index contributed by atoms with van der Waals surface area (Å²) in [5, 5.41) is 14.9. The second kappa shape index (κ2) is 11.5. The van der Waals surface area contributed by atoms with Crippen molar-refractivity contribution >= 4 is 17.8 Å². The smallest absolute Gasteiger partial charge is 0.326 e. The normalized spacial score (nSPS) is 16.8. The Morgan fingerprint density at radius 1 is 1.07 bits per heavy atom. The van der Waals surface area contributed by atoms with Gasteiger partial charge in [-0.15, -0.1) is 0 Å². The molecule has 1 aliphatic rings. The molecular weight excluding hydrogens is 374 g/mol. The predicted molar refractivity (Wildman–Crippen MR) is 108 cm³/mol. The highest BCUT2D eigenvalue weighted by molar-refractivity contribution is 5.91. The molecule has 0 bridgehead atoms. The zero-order chi connectivity index (χ0) is 21.2. The van der Waals surface area contributed by atoms with Gasteiger partial charge in [0.2, 0.25) is 11.8 Å². The van der Waals surface area contributed by atoms with Gasteiger partial charge in [-0.2, -0.15) is 0 Å². The van der Waals surface area contributed by atoms with E-state index in [9.17, 15) is 19.5 Å². The molecular formula is C21H31N3O5. The van der Waals surface area contributed by atoms with Crippen LogP contribution in [0.2, 0.25) is 0 Å². The van der Waals surface area contributed by atoms with Gasteiger partial charge in [0, 0.05) is 19.5 Å². The number of ether oxygens (including phenoxy) is 1. The Hall–Kier alpha value is -2.45. The Balaban J connectivity index is 1.98. The molecule has 1 aromatic rings. The van der Waals surface area contributed by atoms with E-state index in [0.717, 1.165) is 5.56 Å². The summed E-state index contributed by atoms with van der Waals surface area (Å²) in [5.74, 6) is -1.67. The minimum atomic E-state index is -1.11. The van der Waals surface area contributed by atoms with E-state index in [1.54, 1.807) is 0 Å². The molecule has 0 aromatic heterocycles. The van der Waals surface area contributed by atoms with Gasteiger partial charge in [0.25, 0.3) is 0 Å². The summed E-state index contributed by atoms with van der Waals surface area (Å²) < 4.78 is 5.28. The molecule has 0 spiro atoms. The van der Waals surface area contributed by atoms with Gasteiger partial charge in [0.05, 0.1) is 19.8 Å². The summed E-state index contributed by atoms with van der Waals surface area (Å²) >= 11 is 0. The van der Waals surface area contributed by atoms with Crippen LogP contribution in [-0.2, 0) is 25.5 Å². The van der Waals surface area contributed by atoms with E-state index in [1.165, 1.54) is 0 Å². The molecule has 3 N–H and O–H groups in total. The van der Waals surface area contributed by atoms with Crippen molar-refractivity contribution in [3.63, 3.8) is 0 Å². The van der Waals surface area contributed by atoms with E-state index < -0.39 is 24.0 Å². The number of carboxylic acids is 1. The lowest BCUT2D eigenvalue weighted by Crippen LogP contribution is -2.54. The topological polar surface area (TPSA) is 108 Å². The fourth-order valence-corrected chi connectivity index (χ4v) is 3.23. The quantitative estimate of drug-likeness (QED) is 0.528. The Morgan fingerprint density at radius 3 is 2.31 bits per heavy atom. The molecule has 1 heterocycles. The van der Waals surface area contributed by atoms with Crippen LogP contribution in [0, 0.1) is 5.92 Å². The molecule has 0 aliphatic carbocycles. The van der Waals surface area contributed by atoms with Crippen molar-refractivity contribution in [1.82, 2.24) is 15.5 Å². The van der Waals surface area contributed by atoms with Crippen LogP contribution >= 0.6 is 0 Å². The first-order valence-corrected chi connectivity index (χ1v) is 10.0. The van der Waals surface area contributed by atoms with Gasteiger partial charge in [0.1, 0.15) is 12.1 Å². The first-order valence-electron chi connectivity index (χ1n) is 10.0. The van der Waals surface area contributed by atoms with Crippen LogP contribution in [-0.4, -0.2) is 72.7 Å². The minimum absolute atomic E-state index is 0.159. The molecule has 8 nitrogen and oxygen atoms in total. The molecule has 2 amide bonds. The molecule has 1 aliphatic heterocycles. The van der Waals surface area contributed by atoms with Crippen molar-refractivity contribution in [1.29, 1.82) is 0 Å². The summed E-state index contributed by atoms with van der Waals surface area (Å²) in [6.07, 6.45) is 0.608. The first kappa shape index (κ1) is 22.8. The minimum Gasteiger partial charge on any atom is -0.480 e. The number of nitrogens with zero attached hydrogens (tertiary/aromatic N) is 1. The third-order valence-electron chi connectivity index (χ3n) is 4.73. The monoisotopic (exact) mass is 405 g/mol. The number of carboxylic acid groups (broad SMARTS) is 1. The van der Waals surface area contributed by atoms with E-state index in [2.05, 4.69) is 10.6 Å². The Bertz CT molecular complexity index is 674. The van der Waals surface area contributed by atoms with E-state index in [1.807, 2.05) is 49.1 Å². The van der Waals surface area contributed by atoms with Gasteiger partial charge >= 0.3 is 5.97 Å². The highest BCUT2D eigenvalue weighted by atomic mass is 16.5. The van der Waals surface area contributed by atoms with Gasteiger partial charge in [0.15, 0.2) is 0 Å². The fourth-order valence-electron chi connectivity index (χ4n) is 3.23. The summed E-state index contributed by atoms with van der Waals surface area (Å²) in [4.78, 5) is 38.8. The van der Waals surface area contributed by atoms with Crippen molar-refractivity contribution in [2.24, 2.45) is 5.92 Å². The average molecular weight is 405 g/mol. The van der Waals surface area contributed by atoms with Crippen LogP contribution < -0.4 is 10.6 Å². The zero-order valence-corrected chi connectivity index (χ0v) is 17.1. The number of aliphatic carboxylic acids is 1. The van der Waals surface area contributed by atoms with E-state index >= 15 is 0 Å². The Kier molecular flexibility index (Phi) is 9.08. The average Bonchev–Trinajstić information content (AvgIpc) is 2.68. The van der Waals surface area contributed by atoms with Crippen molar-refractivity contribution in [2.75, 3.05) is 32.8 Å². The molecule has 2 atom stereocenters. The maximum atomic E-state index is 12.8. The third-order valence-corrected chi connectivity index (χ3v) is 4.73. The number of amides is 2. The standard InChI is InChI=1S/C21H31N3O5/c1-15(2)12-17(22-19(25)14-24-8-10-29-11-9-24)20(26)23-18(21(27)28)13-16-6-4-3-5-7-16/h3-7,15,17-18H,8-14H2,1-2H3,(H,22,25)(H,23,26)(H,27,28)/t17-,18-/m0/s1. The molecule has 1 aromatic carbocycles. The van der Waals surface area contributed by atoms with Crippen molar-refractivity contribution in [2.45, 2.75) is 38.8 Å². The second-order valence-electron chi connectivity index (χ2n) is 7.73. The molecule has 1 saturated heterocycles. The summed E-state index contributed by atoms with van der Waals surface area (Å²) in [5.41, 5.74) is 0.817. The molecule has 160 valence electrons. The fraction of sp³-hybridized carbons (Fsp3) is 0.571. The lowest BCUT2D eigenvalue weighted by atomic mass is 10.0. The van der Waals surface area contributed by atoms with Gasteiger partial charge < -0.3 is 20.5 Å². The number of morpholine rings is 1. The number of benzene rings is 1. The highest BCUT2D eigenvalue weighted by Gasteiger charge is 2.28. The number of carbonyl (C=O) groups excluding carboxylic acids is 2. The van der Waals surface area contributed by atoms with Gasteiger partial charge in [-0.1, -0.05) is 44.2 Å². The lowest BCUT2D eigenvalue weighted by molar-refractivity contribution is -0.142. The van der Waals surface area contributed by atoms with Crippen molar-refractivity contribution < 1.29 is 24.2 Å². The van der Waals surface area contributed by atoms with Crippen molar-refractivity contribution in [3.8, 4) is 0 Å². The molecule has 1 fully saturated rings. The summed E-state index contributed by atoms with van der Waals surface area (Å²) in [7, 11) is 0. The SMILES string of the molecule is CC(C)C[C@H](NC(=O)CN1CCOCC1)C(=O)N[C@@H](Cc1ccccc1)C(=O)O. The second-order valence-corrected chi connectivity index (χ2v) is 7.73. The molecule has 2 rings (SSSR count). The largest absolute Gasteiger partial charge is 0.480 e. The molecule has 0 unspecified atom stereocenters. The maximum absolute atomic E-state index is 12.8. The zero-order valence-electron chi connectivity index (χ0n) is 17.1. The lowest BCUT2D eigenvalue weighted by Gasteiger charge is -2.27. The van der Waals surface area contributed by atoms with Crippen LogP contribution in [0.25, 0.3) is 0 Å². The van der Waals surface area contributed by atoms with Crippen LogP contribution in [0.4, 0.5) is 0 Å². The van der Waals surface area contributed by atoms with Gasteiger partial charge in [-0.25, -0.2) is 4.79 Å². The van der Waals surface area contributed by atoms with E-state index in [-0.39, 0.29) is 24.8 Å². The Labute approximate surface area is 171 Å². The Morgan fingerprint density at radius 2 is 1.72 bits per heavy atom. The number of rotatable bonds is 10. The first-order chi connectivity index (χ1) is 13.8. The predicted octanol–water partition coefficient (Wildman–Crippen LogP) is 0.662. The van der Waals surface area contributed by atoms with E-state index in [0.29, 0.717) is 32.7 Å². The molecule has 0 saturated carbocycles. The summed E-state index contributed by atoms with van der Waals surface area (Å²) in [6.45, 7) is 6.61. The van der Waals surface area contributed by atoms with Crippen LogP contribution in [0.1, 0.15) is 25.8 Å². The maximum Gasteiger partial charge on any atom is 0.326 e. The van der Waals surface area contributed by atoms with Crippen molar-refractivity contribution in [3.05, 3.63) is 35.9 Å². The van der Waals surface area contributed by atoms with Gasteiger partial charge in [-0.05, 0) is 17.9 Å². The van der Waals surface area contributed by atoms with Crippen LogP contribution in [0.5, 0.6) is 0 Å². The molecule has 29 heavy (non-hydrogen) atoms. The third kappa shape index (κ3) is 8.21. The highest BCUT2D eigenvalue weighted by Crippen LogP contribution is 2.08.